The molecule has 2 N–H and O–H groups in total. The maximum absolute atomic E-state index is 12.8. The first-order valence-electron chi connectivity index (χ1n) is 7.64. The van der Waals surface area contributed by atoms with E-state index in [1.165, 1.54) is 4.90 Å². The van der Waals surface area contributed by atoms with Gasteiger partial charge < -0.3 is 19.7 Å². The summed E-state index contributed by atoms with van der Waals surface area (Å²) in [5.41, 5.74) is 1.06. The smallest absolute Gasteiger partial charge is 0.326 e. The molecule has 2 heterocycles. The zero-order chi connectivity index (χ0) is 18.0. The molecule has 2 atom stereocenters. The normalized spacial score (nSPS) is 19.6. The number of rotatable bonds is 6. The van der Waals surface area contributed by atoms with Crippen LogP contribution in [0.3, 0.4) is 0 Å². The predicted molar refractivity (Wildman–Crippen MR) is 92.4 cm³/mol. The summed E-state index contributed by atoms with van der Waals surface area (Å²) in [5.74, 6) is -1.75. The first kappa shape index (κ1) is 17.2. The largest absolute Gasteiger partial charge is 0.480 e. The van der Waals surface area contributed by atoms with E-state index in [1.807, 2.05) is 0 Å². The zero-order valence-electron chi connectivity index (χ0n) is 13.1. The molecule has 1 aliphatic rings. The molecule has 0 bridgehead atoms. The number of carbonyl (C=O) groups excluding carboxylic acids is 1. The molecule has 0 aliphatic carbocycles. The lowest BCUT2D eigenvalue weighted by atomic mass is 10.2. The number of likely N-dealkylation sites (tertiary alicyclic amines) is 1. The van der Waals surface area contributed by atoms with Crippen LogP contribution < -0.4 is 5.32 Å². The third kappa shape index (κ3) is 3.29. The van der Waals surface area contributed by atoms with Crippen LogP contribution in [0.5, 0.6) is 0 Å². The van der Waals surface area contributed by atoms with Gasteiger partial charge >= 0.3 is 5.97 Å². The number of nitrogens with one attached hydrogen (secondary N) is 1. The number of hydrogen-bond donors (Lipinski definition) is 3. The number of oxazole rings is 1. The Hall–Kier alpha value is -2.62. The Morgan fingerprint density at radius 3 is 2.92 bits per heavy atom. The van der Waals surface area contributed by atoms with Crippen LogP contribution in [0.4, 0.5) is 6.01 Å². The van der Waals surface area contributed by atoms with Crippen molar-refractivity contribution in [2.75, 3.05) is 18.4 Å². The summed E-state index contributed by atoms with van der Waals surface area (Å²) in [6, 6.07) is 6.03. The summed E-state index contributed by atoms with van der Waals surface area (Å²) in [5, 5.41) is 14.7. The van der Waals surface area contributed by atoms with Crippen molar-refractivity contribution in [1.82, 2.24) is 9.88 Å². The number of nitroso groups, excluding NO2 is 1. The number of para-hydroxylation sites is 2. The van der Waals surface area contributed by atoms with E-state index < -0.39 is 29.3 Å². The average Bonchev–Trinajstić information content (AvgIpc) is 3.20. The Morgan fingerprint density at radius 1 is 1.48 bits per heavy atom. The van der Waals surface area contributed by atoms with E-state index in [0.717, 1.165) is 0 Å². The fraction of sp³-hybridized carbons (Fsp3) is 0.400. The molecule has 9 nitrogen and oxygen atoms in total. The number of hydrogen-bond acceptors (Lipinski definition) is 8. The Labute approximate surface area is 147 Å². The molecule has 0 radical (unpaired) electrons. The first-order chi connectivity index (χ1) is 11.9. The number of aliphatic carboxylic acids is 1. The van der Waals surface area contributed by atoms with Crippen molar-refractivity contribution in [2.24, 2.45) is 5.18 Å². The maximum atomic E-state index is 12.8. The number of fused-ring (bicyclic) bond motifs is 1. The number of nitrogens with zero attached hydrogens (tertiary/aromatic N) is 3. The number of carbonyl (C=O) groups is 2. The van der Waals surface area contributed by atoms with E-state index in [-0.39, 0.29) is 12.6 Å². The summed E-state index contributed by atoms with van der Waals surface area (Å²) in [6.07, 6.45) is 0.909. The van der Waals surface area contributed by atoms with Gasteiger partial charge in [-0.15, -0.1) is 12.6 Å². The highest BCUT2D eigenvalue weighted by Crippen LogP contribution is 2.28. The fourth-order valence-electron chi connectivity index (χ4n) is 2.86. The van der Waals surface area contributed by atoms with Crippen molar-refractivity contribution < 1.29 is 19.1 Å². The Balaban J connectivity index is 1.88. The second kappa shape index (κ2) is 6.71. The molecule has 1 fully saturated rings. The Kier molecular flexibility index (Phi) is 4.62. The van der Waals surface area contributed by atoms with Gasteiger partial charge in [-0.05, 0) is 25.0 Å². The maximum Gasteiger partial charge on any atom is 0.326 e. The van der Waals surface area contributed by atoms with Gasteiger partial charge in [0.1, 0.15) is 18.1 Å². The summed E-state index contributed by atoms with van der Waals surface area (Å²) in [4.78, 5) is 38.6. The number of thiol groups is 1. The quantitative estimate of drug-likeness (QED) is 0.405. The van der Waals surface area contributed by atoms with Gasteiger partial charge in [0.15, 0.2) is 10.5 Å². The van der Waals surface area contributed by atoms with E-state index in [0.29, 0.717) is 23.9 Å². The molecule has 2 unspecified atom stereocenters. The van der Waals surface area contributed by atoms with Gasteiger partial charge in [0.2, 0.25) is 0 Å². The minimum Gasteiger partial charge on any atom is -0.480 e. The number of anilines is 1. The second-order valence-corrected chi connectivity index (χ2v) is 6.52. The Morgan fingerprint density at radius 2 is 2.24 bits per heavy atom. The van der Waals surface area contributed by atoms with Crippen LogP contribution in [0.15, 0.2) is 33.9 Å². The van der Waals surface area contributed by atoms with Gasteiger partial charge in [0.25, 0.3) is 11.9 Å². The van der Waals surface area contributed by atoms with Crippen molar-refractivity contribution in [3.8, 4) is 0 Å². The topological polar surface area (TPSA) is 125 Å². The molecule has 3 rings (SSSR count). The van der Waals surface area contributed by atoms with Gasteiger partial charge in [-0.25, -0.2) is 4.79 Å². The number of carboxylic acids is 1. The highest BCUT2D eigenvalue weighted by Gasteiger charge is 2.45. The van der Waals surface area contributed by atoms with Crippen LogP contribution >= 0.6 is 12.6 Å². The summed E-state index contributed by atoms with van der Waals surface area (Å²) in [6.45, 7) is -0.247. The lowest BCUT2D eigenvalue weighted by Crippen LogP contribution is -2.55. The van der Waals surface area contributed by atoms with E-state index in [2.05, 4.69) is 28.1 Å². The molecule has 1 amide bonds. The second-order valence-electron chi connectivity index (χ2n) is 5.75. The van der Waals surface area contributed by atoms with Crippen LogP contribution in [0.2, 0.25) is 0 Å². The summed E-state index contributed by atoms with van der Waals surface area (Å²) >= 11 is 4.28. The number of benzene rings is 1. The van der Waals surface area contributed by atoms with Gasteiger partial charge in [-0.3, -0.25) is 4.79 Å². The van der Waals surface area contributed by atoms with Crippen LogP contribution in [0.25, 0.3) is 11.1 Å². The molecule has 1 saturated heterocycles. The van der Waals surface area contributed by atoms with Gasteiger partial charge in [-0.2, -0.15) is 9.89 Å². The monoisotopic (exact) mass is 364 g/mol. The van der Waals surface area contributed by atoms with Crippen molar-refractivity contribution >= 4 is 41.6 Å². The average molecular weight is 364 g/mol. The molecular weight excluding hydrogens is 348 g/mol. The van der Waals surface area contributed by atoms with Gasteiger partial charge in [0, 0.05) is 6.54 Å². The summed E-state index contributed by atoms with van der Waals surface area (Å²) < 4.78 is 5.50. The molecule has 1 aliphatic heterocycles. The molecule has 1 aromatic carbocycles. The van der Waals surface area contributed by atoms with Gasteiger partial charge in [0.05, 0.1) is 0 Å². The SMILES string of the molecule is O=NCC(S)(Nc1nc2ccccc2o1)C(=O)N1CCCC1C(=O)O. The third-order valence-corrected chi connectivity index (χ3v) is 4.50. The lowest BCUT2D eigenvalue weighted by Gasteiger charge is -2.31. The highest BCUT2D eigenvalue weighted by molar-refractivity contribution is 7.83. The molecule has 10 heteroatoms. The summed E-state index contributed by atoms with van der Waals surface area (Å²) in [7, 11) is 0. The van der Waals surface area contributed by atoms with Crippen molar-refractivity contribution in [2.45, 2.75) is 23.8 Å². The molecule has 0 spiro atoms. The fourth-order valence-corrected chi connectivity index (χ4v) is 3.14. The van der Waals surface area contributed by atoms with Crippen molar-refractivity contribution in [3.05, 3.63) is 29.2 Å². The van der Waals surface area contributed by atoms with Crippen LogP contribution in [0.1, 0.15) is 12.8 Å². The number of amides is 1. The number of aromatic nitrogens is 1. The molecule has 1 aromatic heterocycles. The lowest BCUT2D eigenvalue weighted by molar-refractivity contribution is -0.148. The van der Waals surface area contributed by atoms with E-state index in [4.69, 9.17) is 4.42 Å². The zero-order valence-corrected chi connectivity index (χ0v) is 14.0. The highest BCUT2D eigenvalue weighted by atomic mass is 32.1. The third-order valence-electron chi connectivity index (χ3n) is 4.05. The number of carboxylic acid groups (broad SMARTS) is 1. The molecule has 2 aromatic rings. The van der Waals surface area contributed by atoms with Crippen LogP contribution in [-0.2, 0) is 9.59 Å². The van der Waals surface area contributed by atoms with Gasteiger partial charge in [-0.1, -0.05) is 17.3 Å². The van der Waals surface area contributed by atoms with Crippen LogP contribution in [0, 0.1) is 4.91 Å². The standard InChI is InChI=1S/C15H16N4O5S/c20-12(21)10-5-3-7-19(10)13(22)15(25,8-16-23)18-14-17-9-4-1-2-6-11(9)24-14/h1-2,4,6,10,25H,3,5,7-8H2,(H,17,18)(H,20,21). The van der Waals surface area contributed by atoms with E-state index in [9.17, 15) is 19.6 Å². The van der Waals surface area contributed by atoms with E-state index >= 15 is 0 Å². The van der Waals surface area contributed by atoms with Crippen molar-refractivity contribution in [3.63, 3.8) is 0 Å². The van der Waals surface area contributed by atoms with Crippen molar-refractivity contribution in [1.29, 1.82) is 0 Å². The molecular formula is C15H16N4O5S. The predicted octanol–water partition coefficient (Wildman–Crippen LogP) is 1.71. The minimum absolute atomic E-state index is 0.000674. The minimum atomic E-state index is -1.75. The molecule has 0 saturated carbocycles. The molecule has 132 valence electrons. The first-order valence-corrected chi connectivity index (χ1v) is 8.08. The van der Waals surface area contributed by atoms with E-state index in [1.54, 1.807) is 24.3 Å². The van der Waals surface area contributed by atoms with Crippen LogP contribution in [-0.4, -0.2) is 50.9 Å². The Bertz CT molecular complexity index is 792. The molecule has 25 heavy (non-hydrogen) atoms.